The molecule has 90 valence electrons. The maximum atomic E-state index is 6.15. The first-order valence-corrected chi connectivity index (χ1v) is 6.17. The third-order valence-corrected chi connectivity index (χ3v) is 3.32. The third kappa shape index (κ3) is 2.31. The zero-order chi connectivity index (χ0) is 12.6. The number of aryl methyl sites for hydroxylation is 2. The predicted octanol–water partition coefficient (Wildman–Crippen LogP) is 3.57. The Morgan fingerprint density at radius 2 is 2.24 bits per heavy atom. The average Bonchev–Trinajstić information content (AvgIpc) is 2.55. The number of hydrogen-bond donors (Lipinski definition) is 0. The van der Waals surface area contributed by atoms with Crippen LogP contribution in [0.25, 0.3) is 17.1 Å². The van der Waals surface area contributed by atoms with Crippen molar-refractivity contribution >= 4 is 40.3 Å². The molecule has 2 aromatic rings. The summed E-state index contributed by atoms with van der Waals surface area (Å²) in [5.41, 5.74) is 3.68. The molecule has 0 unspecified atom stereocenters. The maximum absolute atomic E-state index is 6.15. The first-order valence-electron chi connectivity index (χ1n) is 5.26. The van der Waals surface area contributed by atoms with Gasteiger partial charge in [0.05, 0.1) is 5.69 Å². The summed E-state index contributed by atoms with van der Waals surface area (Å²) in [6.07, 6.45) is 1.95. The molecular formula is C12H13Cl2N3. The van der Waals surface area contributed by atoms with Gasteiger partial charge >= 0.3 is 0 Å². The summed E-state index contributed by atoms with van der Waals surface area (Å²) in [5.74, 6) is 0.486. The van der Waals surface area contributed by atoms with Crippen LogP contribution < -0.4 is 0 Å². The zero-order valence-corrected chi connectivity index (χ0v) is 11.5. The van der Waals surface area contributed by atoms with E-state index in [4.69, 9.17) is 23.2 Å². The monoisotopic (exact) mass is 269 g/mol. The minimum atomic E-state index is 0.477. The Morgan fingerprint density at radius 1 is 1.53 bits per heavy atom. The van der Waals surface area contributed by atoms with Crippen LogP contribution in [0, 0.1) is 6.92 Å². The Bertz CT molecular complexity index is 599. The van der Waals surface area contributed by atoms with E-state index < -0.39 is 0 Å². The van der Waals surface area contributed by atoms with Gasteiger partial charge in [-0.2, -0.15) is 5.10 Å². The Labute approximate surface area is 110 Å². The summed E-state index contributed by atoms with van der Waals surface area (Å²) in [6.45, 7) is 3.92. The van der Waals surface area contributed by atoms with Gasteiger partial charge < -0.3 is 0 Å². The molecule has 0 amide bonds. The number of alkyl halides is 1. The van der Waals surface area contributed by atoms with Gasteiger partial charge in [-0.1, -0.05) is 23.3 Å². The molecule has 0 aliphatic heterocycles. The van der Waals surface area contributed by atoms with Crippen molar-refractivity contribution < 1.29 is 0 Å². The highest BCUT2D eigenvalue weighted by molar-refractivity contribution is 6.31. The Kier molecular flexibility index (Phi) is 3.40. The molecular weight excluding hydrogens is 257 g/mol. The van der Waals surface area contributed by atoms with Crippen LogP contribution in [0.4, 0.5) is 0 Å². The standard InChI is InChI=1S/C12H13Cl2N3/c1-7(6-13)4-9-5-10-8(2)16-17(3)12(10)15-11(9)14/h4-5H,6H2,1-3H3. The van der Waals surface area contributed by atoms with Crippen LogP contribution >= 0.6 is 23.2 Å². The van der Waals surface area contributed by atoms with E-state index in [1.165, 1.54) is 0 Å². The largest absolute Gasteiger partial charge is 0.250 e. The van der Waals surface area contributed by atoms with Gasteiger partial charge in [0, 0.05) is 23.9 Å². The molecule has 2 heterocycles. The molecule has 5 heteroatoms. The first kappa shape index (κ1) is 12.4. The van der Waals surface area contributed by atoms with E-state index in [2.05, 4.69) is 10.1 Å². The van der Waals surface area contributed by atoms with Gasteiger partial charge in [0.2, 0.25) is 0 Å². The highest BCUT2D eigenvalue weighted by Crippen LogP contribution is 2.24. The lowest BCUT2D eigenvalue weighted by Gasteiger charge is -2.01. The Morgan fingerprint density at radius 3 is 2.88 bits per heavy atom. The lowest BCUT2D eigenvalue weighted by atomic mass is 10.1. The maximum Gasteiger partial charge on any atom is 0.159 e. The topological polar surface area (TPSA) is 30.7 Å². The molecule has 0 fully saturated rings. The molecule has 0 saturated heterocycles. The summed E-state index contributed by atoms with van der Waals surface area (Å²) < 4.78 is 1.73. The quantitative estimate of drug-likeness (QED) is 0.617. The van der Waals surface area contributed by atoms with Crippen LogP contribution in [0.15, 0.2) is 11.6 Å². The summed E-state index contributed by atoms with van der Waals surface area (Å²) in [6, 6.07) is 2.00. The molecule has 0 bridgehead atoms. The molecule has 0 aliphatic rings. The lowest BCUT2D eigenvalue weighted by molar-refractivity contribution is 0.774. The van der Waals surface area contributed by atoms with Crippen LogP contribution in [-0.2, 0) is 7.05 Å². The number of rotatable bonds is 2. The molecule has 0 aliphatic carbocycles. The van der Waals surface area contributed by atoms with E-state index in [0.717, 1.165) is 27.9 Å². The van der Waals surface area contributed by atoms with Crippen LogP contribution in [-0.4, -0.2) is 20.6 Å². The van der Waals surface area contributed by atoms with Crippen molar-refractivity contribution in [3.63, 3.8) is 0 Å². The highest BCUT2D eigenvalue weighted by atomic mass is 35.5. The number of halogens is 2. The van der Waals surface area contributed by atoms with Crippen LogP contribution in [0.5, 0.6) is 0 Å². The number of pyridine rings is 1. The van der Waals surface area contributed by atoms with Gasteiger partial charge in [-0.15, -0.1) is 11.6 Å². The first-order chi connectivity index (χ1) is 8.02. The fourth-order valence-electron chi connectivity index (χ4n) is 1.74. The van der Waals surface area contributed by atoms with E-state index >= 15 is 0 Å². The minimum absolute atomic E-state index is 0.477. The van der Waals surface area contributed by atoms with E-state index in [9.17, 15) is 0 Å². The number of aromatic nitrogens is 3. The summed E-state index contributed by atoms with van der Waals surface area (Å²) in [4.78, 5) is 4.36. The molecule has 0 N–H and O–H groups in total. The van der Waals surface area contributed by atoms with Crippen molar-refractivity contribution in [1.29, 1.82) is 0 Å². The zero-order valence-electron chi connectivity index (χ0n) is 9.96. The van der Waals surface area contributed by atoms with E-state index in [1.54, 1.807) is 4.68 Å². The van der Waals surface area contributed by atoms with Gasteiger partial charge in [0.1, 0.15) is 5.15 Å². The molecule has 0 radical (unpaired) electrons. The average molecular weight is 270 g/mol. The number of nitrogens with zero attached hydrogens (tertiary/aromatic N) is 3. The van der Waals surface area contributed by atoms with Gasteiger partial charge in [0.25, 0.3) is 0 Å². The summed E-state index contributed by atoms with van der Waals surface area (Å²) in [7, 11) is 1.86. The summed E-state index contributed by atoms with van der Waals surface area (Å²) in [5, 5.41) is 5.82. The van der Waals surface area contributed by atoms with Crippen molar-refractivity contribution in [2.24, 2.45) is 7.05 Å². The van der Waals surface area contributed by atoms with Crippen LogP contribution in [0.1, 0.15) is 18.2 Å². The van der Waals surface area contributed by atoms with Crippen molar-refractivity contribution in [1.82, 2.24) is 14.8 Å². The van der Waals surface area contributed by atoms with Crippen molar-refractivity contribution in [2.45, 2.75) is 13.8 Å². The normalized spacial score (nSPS) is 12.4. The lowest BCUT2D eigenvalue weighted by Crippen LogP contribution is -1.93. The molecule has 0 spiro atoms. The number of hydrogen-bond acceptors (Lipinski definition) is 2. The van der Waals surface area contributed by atoms with Gasteiger partial charge in [-0.05, 0) is 19.9 Å². The fraction of sp³-hybridized carbons (Fsp3) is 0.333. The molecule has 0 aromatic carbocycles. The Hall–Kier alpha value is -1.06. The SMILES string of the molecule is CC(=Cc1cc2c(C)nn(C)c2nc1Cl)CCl. The van der Waals surface area contributed by atoms with Crippen molar-refractivity contribution in [2.75, 3.05) is 5.88 Å². The van der Waals surface area contributed by atoms with E-state index in [-0.39, 0.29) is 0 Å². The van der Waals surface area contributed by atoms with Crippen LogP contribution in [0.2, 0.25) is 5.15 Å². The Balaban J connectivity index is 2.67. The minimum Gasteiger partial charge on any atom is -0.250 e. The highest BCUT2D eigenvalue weighted by Gasteiger charge is 2.10. The molecule has 17 heavy (non-hydrogen) atoms. The number of fused-ring (bicyclic) bond motifs is 1. The van der Waals surface area contributed by atoms with Crippen molar-refractivity contribution in [3.05, 3.63) is 28.0 Å². The molecule has 2 aromatic heterocycles. The van der Waals surface area contributed by atoms with Gasteiger partial charge in [-0.25, -0.2) is 4.98 Å². The second kappa shape index (κ2) is 4.67. The van der Waals surface area contributed by atoms with E-state index in [0.29, 0.717) is 11.0 Å². The second-order valence-electron chi connectivity index (χ2n) is 4.07. The van der Waals surface area contributed by atoms with Crippen molar-refractivity contribution in [3.8, 4) is 0 Å². The number of allylic oxidation sites excluding steroid dienone is 1. The fourth-order valence-corrected chi connectivity index (χ4v) is 2.01. The van der Waals surface area contributed by atoms with E-state index in [1.807, 2.05) is 33.0 Å². The second-order valence-corrected chi connectivity index (χ2v) is 4.70. The molecule has 0 atom stereocenters. The van der Waals surface area contributed by atoms with Gasteiger partial charge in [0.15, 0.2) is 5.65 Å². The third-order valence-electron chi connectivity index (χ3n) is 2.59. The molecule has 0 saturated carbocycles. The summed E-state index contributed by atoms with van der Waals surface area (Å²) >= 11 is 11.9. The van der Waals surface area contributed by atoms with Gasteiger partial charge in [-0.3, -0.25) is 4.68 Å². The van der Waals surface area contributed by atoms with Crippen LogP contribution in [0.3, 0.4) is 0 Å². The molecule has 2 rings (SSSR count). The smallest absolute Gasteiger partial charge is 0.159 e. The molecule has 3 nitrogen and oxygen atoms in total. The predicted molar refractivity (Wildman–Crippen MR) is 72.6 cm³/mol.